The lowest BCUT2D eigenvalue weighted by molar-refractivity contribution is 0.0733. The molecule has 0 aliphatic rings. The molecule has 0 aliphatic carbocycles. The fraction of sp³-hybridized carbons (Fsp3) is 0.0870. The first-order valence-electron chi connectivity index (χ1n) is 9.23. The number of nitrogens with zero attached hydrogens (tertiary/aromatic N) is 4. The monoisotopic (exact) mass is 398 g/mol. The molecule has 3 aromatic carbocycles. The number of benzene rings is 3. The Hall–Kier alpha value is -4.13. The number of aromatic hydroxyl groups is 1. The summed E-state index contributed by atoms with van der Waals surface area (Å²) in [6, 6.07) is 14.5. The zero-order chi connectivity index (χ0) is 21.1. The number of ether oxygens (including phenoxy) is 1. The van der Waals surface area contributed by atoms with Crippen LogP contribution in [0.5, 0.6) is 11.5 Å². The Morgan fingerprint density at radius 3 is 2.40 bits per heavy atom. The lowest BCUT2D eigenvalue weighted by atomic mass is 10.1. The van der Waals surface area contributed by atoms with E-state index in [9.17, 15) is 9.90 Å². The summed E-state index contributed by atoms with van der Waals surface area (Å²) in [6.45, 7) is 3.61. The highest BCUT2D eigenvalue weighted by atomic mass is 16.5. The van der Waals surface area contributed by atoms with Gasteiger partial charge in [0, 0.05) is 5.39 Å². The summed E-state index contributed by atoms with van der Waals surface area (Å²) in [7, 11) is 0. The molecule has 0 fully saturated rings. The number of hydrogen-bond acceptors (Lipinski definition) is 7. The molecule has 1 aromatic heterocycles. The summed E-state index contributed by atoms with van der Waals surface area (Å²) in [4.78, 5) is 20.3. The number of esters is 1. The molecule has 0 bridgehead atoms. The number of phenolic OH excluding ortho intramolecular Hbond substituents is 1. The third-order valence-electron chi connectivity index (χ3n) is 4.57. The van der Waals surface area contributed by atoms with Gasteiger partial charge in [0.1, 0.15) is 12.1 Å². The lowest BCUT2D eigenvalue weighted by Crippen LogP contribution is -2.08. The first kappa shape index (κ1) is 19.2. The van der Waals surface area contributed by atoms with Gasteiger partial charge < -0.3 is 9.84 Å². The number of carbonyl (C=O) groups is 1. The minimum Gasteiger partial charge on any atom is -0.507 e. The van der Waals surface area contributed by atoms with Gasteiger partial charge in [0.25, 0.3) is 0 Å². The van der Waals surface area contributed by atoms with Gasteiger partial charge in [-0.25, -0.2) is 14.8 Å². The Morgan fingerprint density at radius 2 is 1.67 bits per heavy atom. The summed E-state index contributed by atoms with van der Waals surface area (Å²) in [5, 5.41) is 20.3. The number of phenols is 1. The molecular formula is C23H18N4O3. The Kier molecular flexibility index (Phi) is 5.17. The SMILES string of the molecule is Cc1cc(/N=N/c2cc(C(=O)Oc3cncnc3)cc3ccccc23)cc(C)c1O. The molecular weight excluding hydrogens is 380 g/mol. The van der Waals surface area contributed by atoms with Crippen molar-refractivity contribution in [1.29, 1.82) is 0 Å². The molecule has 0 radical (unpaired) electrons. The van der Waals surface area contributed by atoms with E-state index in [1.54, 1.807) is 38.1 Å². The molecule has 1 heterocycles. The fourth-order valence-electron chi connectivity index (χ4n) is 3.10. The molecule has 0 saturated carbocycles. The third-order valence-corrected chi connectivity index (χ3v) is 4.57. The van der Waals surface area contributed by atoms with Crippen molar-refractivity contribution in [1.82, 2.24) is 9.97 Å². The van der Waals surface area contributed by atoms with Crippen molar-refractivity contribution in [3.05, 3.63) is 83.9 Å². The third kappa shape index (κ3) is 4.00. The molecule has 4 rings (SSSR count). The van der Waals surface area contributed by atoms with Gasteiger partial charge in [-0.3, -0.25) is 0 Å². The lowest BCUT2D eigenvalue weighted by Gasteiger charge is -2.07. The molecule has 0 atom stereocenters. The van der Waals surface area contributed by atoms with Gasteiger partial charge in [-0.2, -0.15) is 5.11 Å². The Labute approximate surface area is 172 Å². The molecule has 7 heteroatoms. The van der Waals surface area contributed by atoms with Crippen molar-refractivity contribution in [2.45, 2.75) is 13.8 Å². The van der Waals surface area contributed by atoms with Crippen LogP contribution in [0.25, 0.3) is 10.8 Å². The first-order valence-corrected chi connectivity index (χ1v) is 9.23. The van der Waals surface area contributed by atoms with Crippen LogP contribution in [0.4, 0.5) is 11.4 Å². The van der Waals surface area contributed by atoms with Crippen LogP contribution >= 0.6 is 0 Å². The minimum atomic E-state index is -0.539. The standard InChI is InChI=1S/C23H18N4O3/c1-14-7-18(8-15(2)22(14)28)26-27-21-10-17(9-16-5-3-4-6-20(16)21)23(29)30-19-11-24-13-25-12-19/h3-13,28H,1-2H3/b27-26+. The Balaban J connectivity index is 1.73. The van der Waals surface area contributed by atoms with Gasteiger partial charge in [-0.1, -0.05) is 24.3 Å². The minimum absolute atomic E-state index is 0.244. The van der Waals surface area contributed by atoms with E-state index in [4.69, 9.17) is 4.74 Å². The predicted molar refractivity (Wildman–Crippen MR) is 113 cm³/mol. The van der Waals surface area contributed by atoms with Crippen molar-refractivity contribution in [2.75, 3.05) is 0 Å². The number of rotatable bonds is 4. The van der Waals surface area contributed by atoms with Crippen LogP contribution in [-0.2, 0) is 0 Å². The predicted octanol–water partition coefficient (Wildman–Crippen LogP) is 5.59. The van der Waals surface area contributed by atoms with Crippen LogP contribution in [0.2, 0.25) is 0 Å². The van der Waals surface area contributed by atoms with Crippen LogP contribution in [-0.4, -0.2) is 21.0 Å². The van der Waals surface area contributed by atoms with Crippen molar-refractivity contribution >= 4 is 28.1 Å². The summed E-state index contributed by atoms with van der Waals surface area (Å²) >= 11 is 0. The van der Waals surface area contributed by atoms with Crippen molar-refractivity contribution in [3.63, 3.8) is 0 Å². The average Bonchev–Trinajstić information content (AvgIpc) is 2.76. The smallest absolute Gasteiger partial charge is 0.343 e. The highest BCUT2D eigenvalue weighted by Crippen LogP contribution is 2.32. The summed E-state index contributed by atoms with van der Waals surface area (Å²) in [5.41, 5.74) is 2.92. The number of aromatic nitrogens is 2. The van der Waals surface area contributed by atoms with Crippen molar-refractivity contribution in [2.24, 2.45) is 10.2 Å². The molecule has 0 saturated heterocycles. The Morgan fingerprint density at radius 1 is 0.967 bits per heavy atom. The van der Waals surface area contributed by atoms with E-state index in [-0.39, 0.29) is 11.5 Å². The van der Waals surface area contributed by atoms with Gasteiger partial charge in [-0.15, -0.1) is 5.11 Å². The second-order valence-electron chi connectivity index (χ2n) is 6.81. The van der Waals surface area contributed by atoms with Gasteiger partial charge in [0.2, 0.25) is 0 Å². The zero-order valence-electron chi connectivity index (χ0n) is 16.4. The molecule has 4 aromatic rings. The zero-order valence-corrected chi connectivity index (χ0v) is 16.4. The average molecular weight is 398 g/mol. The molecule has 1 N–H and O–H groups in total. The maximum atomic E-state index is 12.6. The summed E-state index contributed by atoms with van der Waals surface area (Å²) < 4.78 is 5.35. The fourth-order valence-corrected chi connectivity index (χ4v) is 3.10. The van der Waals surface area contributed by atoms with E-state index in [1.807, 2.05) is 24.3 Å². The van der Waals surface area contributed by atoms with Crippen LogP contribution in [0.15, 0.2) is 77.5 Å². The quantitative estimate of drug-likeness (QED) is 0.357. The molecule has 0 amide bonds. The number of azo groups is 1. The van der Waals surface area contributed by atoms with E-state index < -0.39 is 5.97 Å². The van der Waals surface area contributed by atoms with E-state index in [2.05, 4.69) is 20.2 Å². The van der Waals surface area contributed by atoms with E-state index in [0.717, 1.165) is 21.9 Å². The molecule has 30 heavy (non-hydrogen) atoms. The van der Waals surface area contributed by atoms with E-state index >= 15 is 0 Å². The summed E-state index contributed by atoms with van der Waals surface area (Å²) in [6.07, 6.45) is 4.20. The van der Waals surface area contributed by atoms with Crippen LogP contribution in [0, 0.1) is 13.8 Å². The van der Waals surface area contributed by atoms with Gasteiger partial charge in [-0.05, 0) is 54.6 Å². The molecule has 148 valence electrons. The molecule has 7 nitrogen and oxygen atoms in total. The number of aryl methyl sites for hydroxylation is 2. The first-order chi connectivity index (χ1) is 14.5. The van der Waals surface area contributed by atoms with Gasteiger partial charge >= 0.3 is 5.97 Å². The highest BCUT2D eigenvalue weighted by Gasteiger charge is 2.13. The number of hydrogen-bond donors (Lipinski definition) is 1. The van der Waals surface area contributed by atoms with Gasteiger partial charge in [0.05, 0.1) is 29.3 Å². The van der Waals surface area contributed by atoms with E-state index in [0.29, 0.717) is 16.9 Å². The summed E-state index contributed by atoms with van der Waals surface area (Å²) in [5.74, 6) is -0.0359. The maximum absolute atomic E-state index is 12.6. The second-order valence-corrected chi connectivity index (χ2v) is 6.81. The topological polar surface area (TPSA) is 97.0 Å². The molecule has 0 unspecified atom stereocenters. The second kappa shape index (κ2) is 8.08. The van der Waals surface area contributed by atoms with Crippen molar-refractivity contribution < 1.29 is 14.6 Å². The van der Waals surface area contributed by atoms with Crippen molar-refractivity contribution in [3.8, 4) is 11.5 Å². The molecule has 0 spiro atoms. The Bertz CT molecular complexity index is 1250. The highest BCUT2D eigenvalue weighted by molar-refractivity contribution is 6.01. The van der Waals surface area contributed by atoms with Crippen LogP contribution in [0.3, 0.4) is 0 Å². The van der Waals surface area contributed by atoms with Crippen LogP contribution in [0.1, 0.15) is 21.5 Å². The van der Waals surface area contributed by atoms with Gasteiger partial charge in [0.15, 0.2) is 5.75 Å². The number of fused-ring (bicyclic) bond motifs is 1. The van der Waals surface area contributed by atoms with E-state index in [1.165, 1.54) is 18.7 Å². The largest absolute Gasteiger partial charge is 0.507 e. The maximum Gasteiger partial charge on any atom is 0.343 e. The normalized spacial score (nSPS) is 11.1. The van der Waals surface area contributed by atoms with Crippen LogP contribution < -0.4 is 4.74 Å². The number of carbonyl (C=O) groups excluding carboxylic acids is 1. The molecule has 0 aliphatic heterocycles.